The van der Waals surface area contributed by atoms with Crippen molar-refractivity contribution in [1.82, 2.24) is 19.9 Å². The molecule has 1 aromatic carbocycles. The number of rotatable bonds is 5. The van der Waals surface area contributed by atoms with Gasteiger partial charge in [-0.3, -0.25) is 14.8 Å². The smallest absolute Gasteiger partial charge is 0.256 e. The van der Waals surface area contributed by atoms with Crippen molar-refractivity contribution in [2.75, 3.05) is 37.4 Å². The first-order chi connectivity index (χ1) is 16.1. The largest absolute Gasteiger partial charge is 0.356 e. The quantitative estimate of drug-likeness (QED) is 0.473. The molecule has 0 unspecified atom stereocenters. The molecule has 0 atom stereocenters. The summed E-state index contributed by atoms with van der Waals surface area (Å²) in [5.41, 5.74) is 3.51. The first kappa shape index (κ1) is 21.5. The number of benzene rings is 1. The minimum atomic E-state index is -0.194. The van der Waals surface area contributed by atoms with Crippen LogP contribution in [-0.4, -0.2) is 59.0 Å². The van der Waals surface area contributed by atoms with Crippen molar-refractivity contribution in [3.8, 4) is 10.4 Å². The summed E-state index contributed by atoms with van der Waals surface area (Å²) >= 11 is 1.61. The lowest BCUT2D eigenvalue weighted by Gasteiger charge is -2.36. The van der Waals surface area contributed by atoms with E-state index < -0.39 is 0 Å². The molecule has 1 N–H and O–H groups in total. The molecule has 1 saturated heterocycles. The number of carbonyl (C=O) groups excluding carboxylic acids is 1. The van der Waals surface area contributed by atoms with Gasteiger partial charge in [0, 0.05) is 48.7 Å². The van der Waals surface area contributed by atoms with Gasteiger partial charge in [0.05, 0.1) is 10.4 Å². The van der Waals surface area contributed by atoms with Crippen LogP contribution in [0.5, 0.6) is 0 Å². The molecule has 1 fully saturated rings. The number of hydrogen-bond donors (Lipinski definition) is 1. The summed E-state index contributed by atoms with van der Waals surface area (Å²) in [6, 6.07) is 12.4. The van der Waals surface area contributed by atoms with Gasteiger partial charge >= 0.3 is 0 Å². The van der Waals surface area contributed by atoms with E-state index in [9.17, 15) is 4.79 Å². The number of aromatic nitrogens is 3. The van der Waals surface area contributed by atoms with Crippen molar-refractivity contribution in [3.05, 3.63) is 66.1 Å². The highest BCUT2D eigenvalue weighted by Crippen LogP contribution is 2.34. The van der Waals surface area contributed by atoms with E-state index in [1.54, 1.807) is 35.9 Å². The fourth-order valence-corrected chi connectivity index (χ4v) is 4.96. The van der Waals surface area contributed by atoms with E-state index in [2.05, 4.69) is 57.4 Å². The molecular formula is C25H26N6OS. The predicted molar refractivity (Wildman–Crippen MR) is 134 cm³/mol. The Morgan fingerprint density at radius 1 is 1.09 bits per heavy atom. The standard InChI is InChI=1S/C25H26N6OS/c1-30(2)20-7-11-31(12-8-20)24-21-4-3-18(22-15-27-16-33-22)13-19(21)14-23(28-24)29-25(32)17-5-9-26-10-6-17/h3-6,9-10,13-16,20H,7-8,11-12H2,1-2H3,(H,28,29,32). The van der Waals surface area contributed by atoms with Crippen molar-refractivity contribution in [1.29, 1.82) is 0 Å². The first-order valence-corrected chi connectivity index (χ1v) is 11.9. The van der Waals surface area contributed by atoms with E-state index in [1.807, 2.05) is 17.8 Å². The van der Waals surface area contributed by atoms with Crippen LogP contribution in [0.25, 0.3) is 21.2 Å². The first-order valence-electron chi connectivity index (χ1n) is 11.0. The number of amides is 1. The molecule has 0 spiro atoms. The van der Waals surface area contributed by atoms with Gasteiger partial charge in [-0.05, 0) is 62.2 Å². The third-order valence-electron chi connectivity index (χ3n) is 6.21. The predicted octanol–water partition coefficient (Wildman–Crippen LogP) is 4.54. The summed E-state index contributed by atoms with van der Waals surface area (Å²) < 4.78 is 0. The molecule has 7 nitrogen and oxygen atoms in total. The summed E-state index contributed by atoms with van der Waals surface area (Å²) in [7, 11) is 4.29. The molecular weight excluding hydrogens is 432 g/mol. The number of carbonyl (C=O) groups is 1. The fraction of sp³-hybridized carbons (Fsp3) is 0.280. The maximum absolute atomic E-state index is 12.8. The molecule has 0 bridgehead atoms. The summed E-state index contributed by atoms with van der Waals surface area (Å²) in [5, 5.41) is 5.13. The summed E-state index contributed by atoms with van der Waals surface area (Å²) in [6.07, 6.45) is 7.28. The van der Waals surface area contributed by atoms with Crippen LogP contribution in [0.1, 0.15) is 23.2 Å². The monoisotopic (exact) mass is 458 g/mol. The lowest BCUT2D eigenvalue weighted by Crippen LogP contribution is -2.42. The van der Waals surface area contributed by atoms with Crippen molar-refractivity contribution >= 4 is 39.7 Å². The fourth-order valence-electron chi connectivity index (χ4n) is 4.34. The van der Waals surface area contributed by atoms with Crippen LogP contribution in [0.15, 0.2) is 60.5 Å². The van der Waals surface area contributed by atoms with Gasteiger partial charge < -0.3 is 15.1 Å². The van der Waals surface area contributed by atoms with E-state index in [0.717, 1.165) is 53.0 Å². The second kappa shape index (κ2) is 9.25. The molecule has 1 amide bonds. The van der Waals surface area contributed by atoms with Crippen LogP contribution in [0.4, 0.5) is 11.6 Å². The third-order valence-corrected chi connectivity index (χ3v) is 7.03. The van der Waals surface area contributed by atoms with E-state index in [0.29, 0.717) is 17.4 Å². The molecule has 1 aliphatic rings. The van der Waals surface area contributed by atoms with Gasteiger partial charge in [0.1, 0.15) is 11.6 Å². The molecule has 0 saturated carbocycles. The maximum Gasteiger partial charge on any atom is 0.256 e. The molecule has 8 heteroatoms. The van der Waals surface area contributed by atoms with Gasteiger partial charge in [-0.2, -0.15) is 0 Å². The molecule has 0 aliphatic carbocycles. The van der Waals surface area contributed by atoms with E-state index in [-0.39, 0.29) is 5.91 Å². The molecule has 4 heterocycles. The van der Waals surface area contributed by atoms with Gasteiger partial charge in [-0.1, -0.05) is 12.1 Å². The van der Waals surface area contributed by atoms with Crippen LogP contribution in [0, 0.1) is 0 Å². The Morgan fingerprint density at radius 3 is 2.58 bits per heavy atom. The highest BCUT2D eigenvalue weighted by Gasteiger charge is 2.23. The third kappa shape index (κ3) is 4.58. The Labute approximate surface area is 197 Å². The average molecular weight is 459 g/mol. The minimum absolute atomic E-state index is 0.194. The van der Waals surface area contributed by atoms with Gasteiger partial charge in [-0.25, -0.2) is 4.98 Å². The summed E-state index contributed by atoms with van der Waals surface area (Å²) in [4.78, 5) is 31.7. The Bertz CT molecular complexity index is 1250. The molecule has 168 valence electrons. The zero-order chi connectivity index (χ0) is 22.8. The number of anilines is 2. The highest BCUT2D eigenvalue weighted by molar-refractivity contribution is 7.13. The average Bonchev–Trinajstić information content (AvgIpc) is 3.39. The number of thiazole rings is 1. The Hall–Kier alpha value is -3.36. The van der Waals surface area contributed by atoms with Gasteiger partial charge in [0.15, 0.2) is 0 Å². The zero-order valence-corrected chi connectivity index (χ0v) is 19.5. The summed E-state index contributed by atoms with van der Waals surface area (Å²) in [5.74, 6) is 1.28. The van der Waals surface area contributed by atoms with Crippen molar-refractivity contribution in [3.63, 3.8) is 0 Å². The molecule has 5 rings (SSSR count). The zero-order valence-electron chi connectivity index (χ0n) is 18.7. The van der Waals surface area contributed by atoms with Crippen LogP contribution >= 0.6 is 11.3 Å². The lowest BCUT2D eigenvalue weighted by molar-refractivity contribution is 0.102. The SMILES string of the molecule is CN(C)C1CCN(c2nc(NC(=O)c3ccncc3)cc3cc(-c4cncs4)ccc23)CC1. The highest BCUT2D eigenvalue weighted by atomic mass is 32.1. The molecule has 1 aliphatic heterocycles. The van der Waals surface area contributed by atoms with E-state index in [1.165, 1.54) is 0 Å². The van der Waals surface area contributed by atoms with E-state index >= 15 is 0 Å². The van der Waals surface area contributed by atoms with Crippen LogP contribution in [0.2, 0.25) is 0 Å². The number of nitrogens with one attached hydrogen (secondary N) is 1. The number of pyridine rings is 2. The second-order valence-electron chi connectivity index (χ2n) is 8.50. The number of piperidine rings is 1. The molecule has 4 aromatic rings. The second-order valence-corrected chi connectivity index (χ2v) is 9.39. The number of hydrogen-bond acceptors (Lipinski definition) is 7. The van der Waals surface area contributed by atoms with Gasteiger partial charge in [0.25, 0.3) is 5.91 Å². The Morgan fingerprint density at radius 2 is 1.88 bits per heavy atom. The van der Waals surface area contributed by atoms with Crippen molar-refractivity contribution in [2.45, 2.75) is 18.9 Å². The normalized spacial score (nSPS) is 14.7. The maximum atomic E-state index is 12.8. The Kier molecular flexibility index (Phi) is 6.02. The minimum Gasteiger partial charge on any atom is -0.356 e. The molecule has 33 heavy (non-hydrogen) atoms. The van der Waals surface area contributed by atoms with Crippen molar-refractivity contribution < 1.29 is 4.79 Å². The van der Waals surface area contributed by atoms with E-state index in [4.69, 9.17) is 4.98 Å². The summed E-state index contributed by atoms with van der Waals surface area (Å²) in [6.45, 7) is 1.87. The van der Waals surface area contributed by atoms with Gasteiger partial charge in [0.2, 0.25) is 0 Å². The Balaban J connectivity index is 1.53. The van der Waals surface area contributed by atoms with Crippen LogP contribution in [-0.2, 0) is 0 Å². The number of nitrogens with zero attached hydrogens (tertiary/aromatic N) is 5. The molecule has 3 aromatic heterocycles. The lowest BCUT2D eigenvalue weighted by atomic mass is 10.0. The van der Waals surface area contributed by atoms with Gasteiger partial charge in [-0.15, -0.1) is 11.3 Å². The molecule has 0 radical (unpaired) electrons. The van der Waals surface area contributed by atoms with Crippen LogP contribution in [0.3, 0.4) is 0 Å². The topological polar surface area (TPSA) is 74.2 Å². The number of fused-ring (bicyclic) bond motifs is 1. The van der Waals surface area contributed by atoms with Crippen molar-refractivity contribution in [2.24, 2.45) is 0 Å². The van der Waals surface area contributed by atoms with Crippen LogP contribution < -0.4 is 10.2 Å².